The van der Waals surface area contributed by atoms with Crippen LogP contribution < -0.4 is 0 Å². The third-order valence-corrected chi connectivity index (χ3v) is 1.52. The first-order valence-electron chi connectivity index (χ1n) is 3.12. The van der Waals surface area contributed by atoms with Gasteiger partial charge in [-0.3, -0.25) is 0 Å². The van der Waals surface area contributed by atoms with E-state index in [0.717, 1.165) is 0 Å². The van der Waals surface area contributed by atoms with Gasteiger partial charge in [-0.1, -0.05) is 17.7 Å². The molecule has 0 aliphatic rings. The first kappa shape index (κ1) is 8.44. The summed E-state index contributed by atoms with van der Waals surface area (Å²) in [6, 6.07) is 0. The van der Waals surface area contributed by atoms with Gasteiger partial charge in [-0.05, 0) is 13.8 Å². The van der Waals surface area contributed by atoms with Crippen LogP contribution in [0.5, 0.6) is 0 Å². The average molecular weight is 126 g/mol. The van der Waals surface area contributed by atoms with Crippen LogP contribution in [0.15, 0.2) is 24.3 Å². The SMILES string of the molecule is C=CC(CO)/C(C)=C\C. The van der Waals surface area contributed by atoms with E-state index < -0.39 is 0 Å². The Morgan fingerprint density at radius 1 is 1.78 bits per heavy atom. The number of aliphatic hydroxyl groups excluding tert-OH is 1. The zero-order valence-corrected chi connectivity index (χ0v) is 6.09. The van der Waals surface area contributed by atoms with Crippen molar-refractivity contribution in [1.29, 1.82) is 0 Å². The highest BCUT2D eigenvalue weighted by atomic mass is 16.3. The Kier molecular flexibility index (Phi) is 4.06. The molecule has 0 aromatic carbocycles. The number of hydrogen-bond donors (Lipinski definition) is 1. The second kappa shape index (κ2) is 4.33. The van der Waals surface area contributed by atoms with Gasteiger partial charge in [0.1, 0.15) is 0 Å². The van der Waals surface area contributed by atoms with Crippen molar-refractivity contribution in [3.05, 3.63) is 24.3 Å². The molecule has 0 aliphatic carbocycles. The molecule has 0 radical (unpaired) electrons. The molecule has 1 heteroatoms. The molecule has 1 nitrogen and oxygen atoms in total. The lowest BCUT2D eigenvalue weighted by molar-refractivity contribution is 0.269. The maximum atomic E-state index is 8.72. The molecule has 1 unspecified atom stereocenters. The van der Waals surface area contributed by atoms with Crippen LogP contribution in [-0.4, -0.2) is 11.7 Å². The lowest BCUT2D eigenvalue weighted by Crippen LogP contribution is -2.02. The molecule has 0 spiro atoms. The molecule has 1 N–H and O–H groups in total. The molecule has 9 heavy (non-hydrogen) atoms. The largest absolute Gasteiger partial charge is 0.395 e. The molecule has 0 saturated heterocycles. The molecule has 52 valence electrons. The summed E-state index contributed by atoms with van der Waals surface area (Å²) < 4.78 is 0. The molecule has 1 atom stereocenters. The van der Waals surface area contributed by atoms with Gasteiger partial charge in [0.15, 0.2) is 0 Å². The first-order chi connectivity index (χ1) is 4.26. The molecular weight excluding hydrogens is 112 g/mol. The van der Waals surface area contributed by atoms with Gasteiger partial charge in [-0.2, -0.15) is 0 Å². The quantitative estimate of drug-likeness (QED) is 0.571. The highest BCUT2D eigenvalue weighted by Crippen LogP contribution is 2.09. The minimum absolute atomic E-state index is 0.148. The van der Waals surface area contributed by atoms with Crippen molar-refractivity contribution in [1.82, 2.24) is 0 Å². The monoisotopic (exact) mass is 126 g/mol. The third-order valence-electron chi connectivity index (χ3n) is 1.52. The van der Waals surface area contributed by atoms with Crippen molar-refractivity contribution in [2.45, 2.75) is 13.8 Å². The fraction of sp³-hybridized carbons (Fsp3) is 0.500. The summed E-state index contributed by atoms with van der Waals surface area (Å²) >= 11 is 0. The van der Waals surface area contributed by atoms with E-state index in [1.807, 2.05) is 19.9 Å². The normalized spacial score (nSPS) is 15.2. The lowest BCUT2D eigenvalue weighted by Gasteiger charge is -2.07. The van der Waals surface area contributed by atoms with Gasteiger partial charge in [0.05, 0.1) is 6.61 Å². The van der Waals surface area contributed by atoms with E-state index in [1.54, 1.807) is 6.08 Å². The van der Waals surface area contributed by atoms with E-state index in [1.165, 1.54) is 5.57 Å². The summed E-state index contributed by atoms with van der Waals surface area (Å²) in [6.07, 6.45) is 3.75. The Labute approximate surface area is 56.7 Å². The highest BCUT2D eigenvalue weighted by molar-refractivity contribution is 5.07. The molecule has 0 heterocycles. The molecule has 0 rings (SSSR count). The van der Waals surface area contributed by atoms with Crippen LogP contribution in [-0.2, 0) is 0 Å². The molecule has 0 bridgehead atoms. The smallest absolute Gasteiger partial charge is 0.0531 e. The van der Waals surface area contributed by atoms with E-state index in [4.69, 9.17) is 5.11 Å². The number of rotatable bonds is 3. The number of allylic oxidation sites excluding steroid dienone is 1. The molecule has 0 fully saturated rings. The van der Waals surface area contributed by atoms with Gasteiger partial charge in [0.2, 0.25) is 0 Å². The molecule has 0 amide bonds. The Morgan fingerprint density at radius 3 is 2.44 bits per heavy atom. The number of aliphatic hydroxyl groups is 1. The average Bonchev–Trinajstić information content (AvgIpc) is 1.90. The highest BCUT2D eigenvalue weighted by Gasteiger charge is 2.01. The van der Waals surface area contributed by atoms with Gasteiger partial charge in [0, 0.05) is 5.92 Å². The lowest BCUT2D eigenvalue weighted by atomic mass is 10.0. The van der Waals surface area contributed by atoms with Crippen molar-refractivity contribution in [2.75, 3.05) is 6.61 Å². The van der Waals surface area contributed by atoms with Gasteiger partial charge in [-0.25, -0.2) is 0 Å². The van der Waals surface area contributed by atoms with Crippen LogP contribution in [0.3, 0.4) is 0 Å². The minimum atomic E-state index is 0.148. The van der Waals surface area contributed by atoms with Crippen LogP contribution in [0.4, 0.5) is 0 Å². The summed E-state index contributed by atoms with van der Waals surface area (Å²) in [7, 11) is 0. The van der Waals surface area contributed by atoms with E-state index >= 15 is 0 Å². The van der Waals surface area contributed by atoms with Crippen molar-refractivity contribution < 1.29 is 5.11 Å². The molecule has 0 aliphatic heterocycles. The summed E-state index contributed by atoms with van der Waals surface area (Å²) in [5, 5.41) is 8.72. The van der Waals surface area contributed by atoms with Gasteiger partial charge in [-0.15, -0.1) is 6.58 Å². The topological polar surface area (TPSA) is 20.2 Å². The Hall–Kier alpha value is -0.560. The second-order valence-electron chi connectivity index (χ2n) is 2.06. The van der Waals surface area contributed by atoms with Crippen LogP contribution in [0.1, 0.15) is 13.8 Å². The van der Waals surface area contributed by atoms with Gasteiger partial charge < -0.3 is 5.11 Å². The molecule has 0 saturated carbocycles. The van der Waals surface area contributed by atoms with Crippen molar-refractivity contribution >= 4 is 0 Å². The maximum absolute atomic E-state index is 8.72. The minimum Gasteiger partial charge on any atom is -0.395 e. The third kappa shape index (κ3) is 2.47. The van der Waals surface area contributed by atoms with Crippen molar-refractivity contribution in [3.63, 3.8) is 0 Å². The van der Waals surface area contributed by atoms with E-state index in [-0.39, 0.29) is 12.5 Å². The standard InChI is InChI=1S/C8H14O/c1-4-7(3)8(5-2)6-9/h4-5,8-9H,2,6H2,1,3H3/b7-4-. The second-order valence-corrected chi connectivity index (χ2v) is 2.06. The summed E-state index contributed by atoms with van der Waals surface area (Å²) in [6.45, 7) is 7.71. The predicted molar refractivity (Wildman–Crippen MR) is 40.2 cm³/mol. The molecule has 0 aromatic heterocycles. The van der Waals surface area contributed by atoms with Crippen molar-refractivity contribution in [2.24, 2.45) is 5.92 Å². The number of hydrogen-bond acceptors (Lipinski definition) is 1. The first-order valence-corrected chi connectivity index (χ1v) is 3.12. The zero-order chi connectivity index (χ0) is 7.28. The van der Waals surface area contributed by atoms with Gasteiger partial charge >= 0.3 is 0 Å². The molecular formula is C8H14O. The van der Waals surface area contributed by atoms with Crippen LogP contribution in [0, 0.1) is 5.92 Å². The Bertz CT molecular complexity index is 114. The zero-order valence-electron chi connectivity index (χ0n) is 6.09. The Morgan fingerprint density at radius 2 is 2.33 bits per heavy atom. The van der Waals surface area contributed by atoms with Crippen LogP contribution in [0.25, 0.3) is 0 Å². The summed E-state index contributed by atoms with van der Waals surface area (Å²) in [4.78, 5) is 0. The van der Waals surface area contributed by atoms with E-state index in [0.29, 0.717) is 0 Å². The van der Waals surface area contributed by atoms with E-state index in [2.05, 4.69) is 6.58 Å². The maximum Gasteiger partial charge on any atom is 0.0531 e. The van der Waals surface area contributed by atoms with E-state index in [9.17, 15) is 0 Å². The fourth-order valence-electron chi connectivity index (χ4n) is 0.618. The fourth-order valence-corrected chi connectivity index (χ4v) is 0.618. The van der Waals surface area contributed by atoms with Crippen molar-refractivity contribution in [3.8, 4) is 0 Å². The Balaban J connectivity index is 3.94. The summed E-state index contributed by atoms with van der Waals surface area (Å²) in [5.41, 5.74) is 1.17. The van der Waals surface area contributed by atoms with Crippen LogP contribution >= 0.6 is 0 Å². The van der Waals surface area contributed by atoms with Gasteiger partial charge in [0.25, 0.3) is 0 Å². The summed E-state index contributed by atoms with van der Waals surface area (Å²) in [5.74, 6) is 0.148. The van der Waals surface area contributed by atoms with Crippen LogP contribution in [0.2, 0.25) is 0 Å². The predicted octanol–water partition coefficient (Wildman–Crippen LogP) is 1.75. The molecule has 0 aromatic rings.